The molecular formula is C17H15ClF2N2O3S. The fraction of sp³-hybridized carbons (Fsp3) is 0.235. The van der Waals surface area contributed by atoms with Crippen LogP contribution in [0.2, 0.25) is 5.02 Å². The molecule has 26 heavy (non-hydrogen) atoms. The summed E-state index contributed by atoms with van der Waals surface area (Å²) in [6.07, 6.45) is 0.250. The zero-order valence-electron chi connectivity index (χ0n) is 13.5. The van der Waals surface area contributed by atoms with Gasteiger partial charge in [0.15, 0.2) is 0 Å². The lowest BCUT2D eigenvalue weighted by atomic mass is 10.2. The lowest BCUT2D eigenvalue weighted by Crippen LogP contribution is -2.42. The molecule has 2 aromatic carbocycles. The lowest BCUT2D eigenvalue weighted by molar-refractivity contribution is -0.118. The minimum atomic E-state index is -3.99. The van der Waals surface area contributed by atoms with Gasteiger partial charge in [0.1, 0.15) is 17.7 Å². The molecule has 1 N–H and O–H groups in total. The normalized spacial score (nSPS) is 17.7. The Kier molecular flexibility index (Phi) is 5.27. The van der Waals surface area contributed by atoms with Crippen molar-refractivity contribution in [3.8, 4) is 0 Å². The van der Waals surface area contributed by atoms with E-state index in [1.807, 2.05) is 0 Å². The summed E-state index contributed by atoms with van der Waals surface area (Å²) < 4.78 is 53.8. The fourth-order valence-electron chi connectivity index (χ4n) is 2.79. The van der Waals surface area contributed by atoms with Crippen molar-refractivity contribution in [2.75, 3.05) is 11.4 Å². The van der Waals surface area contributed by atoms with Gasteiger partial charge in [0.2, 0.25) is 15.9 Å². The van der Waals surface area contributed by atoms with Crippen LogP contribution < -0.4 is 9.62 Å². The average Bonchev–Trinajstić information content (AvgIpc) is 2.92. The van der Waals surface area contributed by atoms with Crippen molar-refractivity contribution in [3.63, 3.8) is 0 Å². The van der Waals surface area contributed by atoms with Gasteiger partial charge in [-0.3, -0.25) is 4.79 Å². The van der Waals surface area contributed by atoms with Gasteiger partial charge in [-0.25, -0.2) is 21.9 Å². The molecule has 1 heterocycles. The van der Waals surface area contributed by atoms with Crippen molar-refractivity contribution in [1.82, 2.24) is 4.72 Å². The number of benzene rings is 2. The first-order valence-electron chi connectivity index (χ1n) is 7.77. The lowest BCUT2D eigenvalue weighted by Gasteiger charge is -2.17. The maximum absolute atomic E-state index is 13.8. The quantitative estimate of drug-likeness (QED) is 0.839. The maximum atomic E-state index is 13.8. The van der Waals surface area contributed by atoms with Crippen molar-refractivity contribution < 1.29 is 22.0 Å². The Morgan fingerprint density at radius 2 is 1.85 bits per heavy atom. The molecule has 138 valence electrons. The van der Waals surface area contributed by atoms with Crippen molar-refractivity contribution in [1.29, 1.82) is 0 Å². The Morgan fingerprint density at radius 1 is 1.15 bits per heavy atom. The molecular weight excluding hydrogens is 386 g/mol. The number of amides is 1. The number of carbonyl (C=O) groups excluding carboxylic acids is 1. The number of sulfonamides is 1. The largest absolute Gasteiger partial charge is 0.311 e. The van der Waals surface area contributed by atoms with E-state index in [1.54, 1.807) is 0 Å². The van der Waals surface area contributed by atoms with E-state index in [0.29, 0.717) is 5.69 Å². The van der Waals surface area contributed by atoms with Gasteiger partial charge in [0.05, 0.1) is 5.75 Å². The van der Waals surface area contributed by atoms with Gasteiger partial charge in [-0.15, -0.1) is 0 Å². The summed E-state index contributed by atoms with van der Waals surface area (Å²) in [5.74, 6) is -2.27. The third-order valence-corrected chi connectivity index (χ3v) is 5.73. The topological polar surface area (TPSA) is 66.5 Å². The molecule has 0 bridgehead atoms. The first-order chi connectivity index (χ1) is 12.3. The van der Waals surface area contributed by atoms with Gasteiger partial charge in [-0.05, 0) is 42.8 Å². The van der Waals surface area contributed by atoms with Crippen molar-refractivity contribution in [3.05, 3.63) is 64.7 Å². The minimum Gasteiger partial charge on any atom is -0.311 e. The molecule has 1 unspecified atom stereocenters. The highest BCUT2D eigenvalue weighted by Gasteiger charge is 2.35. The molecule has 0 aromatic heterocycles. The highest BCUT2D eigenvalue weighted by atomic mass is 35.5. The van der Waals surface area contributed by atoms with Crippen molar-refractivity contribution in [2.45, 2.75) is 18.2 Å². The summed E-state index contributed by atoms with van der Waals surface area (Å²) in [5, 5.41) is 0.000984. The molecule has 0 aliphatic carbocycles. The Bertz CT molecular complexity index is 915. The second kappa shape index (κ2) is 7.30. The molecule has 0 spiro atoms. The van der Waals surface area contributed by atoms with E-state index in [0.717, 1.165) is 6.07 Å². The van der Waals surface area contributed by atoms with Gasteiger partial charge in [-0.1, -0.05) is 17.7 Å². The van der Waals surface area contributed by atoms with Crippen LogP contribution in [0.3, 0.4) is 0 Å². The van der Waals surface area contributed by atoms with E-state index in [4.69, 9.17) is 11.6 Å². The number of hydrogen-bond acceptors (Lipinski definition) is 3. The summed E-state index contributed by atoms with van der Waals surface area (Å²) in [5.41, 5.74) is 0.331. The zero-order chi connectivity index (χ0) is 18.9. The predicted molar refractivity (Wildman–Crippen MR) is 94.3 cm³/mol. The van der Waals surface area contributed by atoms with Crippen molar-refractivity contribution in [2.24, 2.45) is 0 Å². The number of nitrogens with zero attached hydrogens (tertiary/aromatic N) is 1. The van der Waals surface area contributed by atoms with Crippen LogP contribution in [0.4, 0.5) is 14.5 Å². The van der Waals surface area contributed by atoms with E-state index in [1.165, 1.54) is 41.3 Å². The molecule has 1 amide bonds. The molecule has 3 rings (SSSR count). The monoisotopic (exact) mass is 400 g/mol. The number of rotatable bonds is 5. The van der Waals surface area contributed by atoms with Crippen LogP contribution in [0.15, 0.2) is 42.5 Å². The Morgan fingerprint density at radius 3 is 2.50 bits per heavy atom. The van der Waals surface area contributed by atoms with Crippen LogP contribution >= 0.6 is 11.6 Å². The maximum Gasteiger partial charge on any atom is 0.245 e. The minimum absolute atomic E-state index is 0.000984. The van der Waals surface area contributed by atoms with E-state index in [-0.39, 0.29) is 23.6 Å². The number of hydrogen-bond donors (Lipinski definition) is 1. The van der Waals surface area contributed by atoms with E-state index in [9.17, 15) is 22.0 Å². The number of halogens is 3. The summed E-state index contributed by atoms with van der Waals surface area (Å²) in [7, 11) is -3.99. The average molecular weight is 401 g/mol. The van der Waals surface area contributed by atoms with E-state index < -0.39 is 39.4 Å². The van der Waals surface area contributed by atoms with Gasteiger partial charge >= 0.3 is 0 Å². The number of anilines is 1. The van der Waals surface area contributed by atoms with Crippen LogP contribution in [0.5, 0.6) is 0 Å². The Balaban J connectivity index is 1.72. The summed E-state index contributed by atoms with van der Waals surface area (Å²) in [4.78, 5) is 13.8. The van der Waals surface area contributed by atoms with Crippen LogP contribution in [0.25, 0.3) is 0 Å². The first kappa shape index (κ1) is 18.8. The highest BCUT2D eigenvalue weighted by molar-refractivity contribution is 7.88. The van der Waals surface area contributed by atoms with E-state index >= 15 is 0 Å². The predicted octanol–water partition coefficient (Wildman–Crippen LogP) is 2.84. The fourth-order valence-corrected chi connectivity index (χ4v) is 4.50. The third-order valence-electron chi connectivity index (χ3n) is 4.06. The molecule has 0 saturated carbocycles. The SMILES string of the molecule is O=C1C(NS(=O)(=O)Cc2c(F)cccc2Cl)CCN1c1ccc(F)cc1. The summed E-state index contributed by atoms with van der Waals surface area (Å²) in [6.45, 7) is 0.290. The first-order valence-corrected chi connectivity index (χ1v) is 9.80. The van der Waals surface area contributed by atoms with Gasteiger partial charge in [-0.2, -0.15) is 0 Å². The Labute approximate surface area is 154 Å². The molecule has 1 aliphatic rings. The number of carbonyl (C=O) groups is 1. The zero-order valence-corrected chi connectivity index (χ0v) is 15.0. The smallest absolute Gasteiger partial charge is 0.245 e. The molecule has 5 nitrogen and oxygen atoms in total. The van der Waals surface area contributed by atoms with Crippen molar-refractivity contribution >= 4 is 33.2 Å². The van der Waals surface area contributed by atoms with Crippen LogP contribution in [0.1, 0.15) is 12.0 Å². The van der Waals surface area contributed by atoms with E-state index in [2.05, 4.69) is 4.72 Å². The molecule has 0 radical (unpaired) electrons. The molecule has 1 saturated heterocycles. The van der Waals surface area contributed by atoms with Gasteiger partial charge < -0.3 is 4.90 Å². The molecule has 1 fully saturated rings. The molecule has 1 aliphatic heterocycles. The van der Waals surface area contributed by atoms with Gasteiger partial charge in [0, 0.05) is 22.8 Å². The molecule has 9 heteroatoms. The second-order valence-corrected chi connectivity index (χ2v) is 8.05. The molecule has 1 atom stereocenters. The highest BCUT2D eigenvalue weighted by Crippen LogP contribution is 2.24. The Hall–Kier alpha value is -2.03. The van der Waals surface area contributed by atoms with Gasteiger partial charge in [0.25, 0.3) is 0 Å². The number of nitrogens with one attached hydrogen (secondary N) is 1. The van der Waals surface area contributed by atoms with Crippen LogP contribution in [-0.4, -0.2) is 26.9 Å². The third kappa shape index (κ3) is 4.03. The van der Waals surface area contributed by atoms with Crippen LogP contribution in [-0.2, 0) is 20.6 Å². The summed E-state index contributed by atoms with van der Waals surface area (Å²) in [6, 6.07) is 8.27. The molecule has 2 aromatic rings. The standard InChI is InChI=1S/C17H15ClF2N2O3S/c18-14-2-1-3-15(20)13(14)10-26(24,25)21-16-8-9-22(17(16)23)12-6-4-11(19)5-7-12/h1-7,16,21H,8-10H2. The van der Waals surface area contributed by atoms with Crippen LogP contribution in [0, 0.1) is 11.6 Å². The summed E-state index contributed by atoms with van der Waals surface area (Å²) >= 11 is 5.86. The second-order valence-electron chi connectivity index (χ2n) is 5.88.